The summed E-state index contributed by atoms with van der Waals surface area (Å²) in [7, 11) is 1.58. The molecule has 0 aliphatic heterocycles. The topological polar surface area (TPSA) is 77.2 Å². The quantitative estimate of drug-likeness (QED) is 0.823. The highest BCUT2D eigenvalue weighted by atomic mass is 16.5. The lowest BCUT2D eigenvalue weighted by Gasteiger charge is -2.21. The molecular weight excluding hydrogens is 254 g/mol. The summed E-state index contributed by atoms with van der Waals surface area (Å²) in [5, 5.41) is 4.29. The van der Waals surface area contributed by atoms with Crippen molar-refractivity contribution < 1.29 is 9.53 Å². The predicted molar refractivity (Wildman–Crippen MR) is 79.9 cm³/mol. The molecule has 0 aliphatic carbocycles. The van der Waals surface area contributed by atoms with Gasteiger partial charge < -0.3 is 15.8 Å². The number of rotatable bonds is 2. The van der Waals surface area contributed by atoms with Crippen LogP contribution in [0.3, 0.4) is 0 Å². The molecule has 0 bridgehead atoms. The van der Waals surface area contributed by atoms with Crippen molar-refractivity contribution in [3.63, 3.8) is 0 Å². The van der Waals surface area contributed by atoms with Crippen molar-refractivity contribution in [1.82, 2.24) is 10.3 Å². The molecule has 1 aromatic heterocycles. The van der Waals surface area contributed by atoms with Crippen molar-refractivity contribution in [2.75, 3.05) is 12.8 Å². The fourth-order valence-corrected chi connectivity index (χ4v) is 2.05. The molecule has 1 amide bonds. The van der Waals surface area contributed by atoms with Crippen molar-refractivity contribution in [3.8, 4) is 5.75 Å². The summed E-state index contributed by atoms with van der Waals surface area (Å²) in [5.41, 5.74) is 6.49. The number of methoxy groups -OCH3 is 1. The van der Waals surface area contributed by atoms with Gasteiger partial charge in [-0.3, -0.25) is 9.78 Å². The second kappa shape index (κ2) is 5.00. The van der Waals surface area contributed by atoms with E-state index < -0.39 is 0 Å². The SMILES string of the molecule is COc1ccc(N)c2c(C(=O)NC(C)(C)C)nccc12. The number of nitrogen functional groups attached to an aromatic ring is 1. The number of pyridine rings is 1. The van der Waals surface area contributed by atoms with Gasteiger partial charge in [-0.1, -0.05) is 0 Å². The van der Waals surface area contributed by atoms with E-state index in [0.29, 0.717) is 22.5 Å². The van der Waals surface area contributed by atoms with Crippen LogP contribution in [0, 0.1) is 0 Å². The number of aromatic nitrogens is 1. The average Bonchev–Trinajstić information content (AvgIpc) is 2.36. The second-order valence-corrected chi connectivity index (χ2v) is 5.64. The van der Waals surface area contributed by atoms with E-state index in [2.05, 4.69) is 10.3 Å². The summed E-state index contributed by atoms with van der Waals surface area (Å²) in [4.78, 5) is 16.5. The molecule has 1 heterocycles. The maximum atomic E-state index is 12.4. The fraction of sp³-hybridized carbons (Fsp3) is 0.333. The molecule has 0 unspecified atom stereocenters. The van der Waals surface area contributed by atoms with Crippen LogP contribution >= 0.6 is 0 Å². The molecule has 106 valence electrons. The summed E-state index contributed by atoms with van der Waals surface area (Å²) in [6.45, 7) is 5.75. The van der Waals surface area contributed by atoms with Crippen molar-refractivity contribution in [2.24, 2.45) is 0 Å². The zero-order valence-corrected chi connectivity index (χ0v) is 12.2. The average molecular weight is 273 g/mol. The predicted octanol–water partition coefficient (Wildman–Crippen LogP) is 2.35. The highest BCUT2D eigenvalue weighted by Crippen LogP contribution is 2.31. The highest BCUT2D eigenvalue weighted by Gasteiger charge is 2.20. The molecule has 2 aromatic rings. The van der Waals surface area contributed by atoms with Gasteiger partial charge in [-0.25, -0.2) is 0 Å². The fourth-order valence-electron chi connectivity index (χ4n) is 2.05. The summed E-state index contributed by atoms with van der Waals surface area (Å²) in [6.07, 6.45) is 1.59. The van der Waals surface area contributed by atoms with Crippen LogP contribution in [0.15, 0.2) is 24.4 Å². The van der Waals surface area contributed by atoms with Gasteiger partial charge in [-0.05, 0) is 39.0 Å². The molecule has 5 nitrogen and oxygen atoms in total. The van der Waals surface area contributed by atoms with Crippen LogP contribution in [0.1, 0.15) is 31.3 Å². The third-order valence-corrected chi connectivity index (χ3v) is 2.84. The number of nitrogens with two attached hydrogens (primary N) is 1. The molecule has 0 atom stereocenters. The third-order valence-electron chi connectivity index (χ3n) is 2.84. The monoisotopic (exact) mass is 273 g/mol. The molecule has 3 N–H and O–H groups in total. The van der Waals surface area contributed by atoms with E-state index in [4.69, 9.17) is 10.5 Å². The lowest BCUT2D eigenvalue weighted by atomic mass is 10.0. The van der Waals surface area contributed by atoms with Gasteiger partial charge in [0.1, 0.15) is 11.4 Å². The van der Waals surface area contributed by atoms with Gasteiger partial charge in [0.25, 0.3) is 5.91 Å². The number of nitrogens with one attached hydrogen (secondary N) is 1. The Morgan fingerprint density at radius 3 is 2.60 bits per heavy atom. The van der Waals surface area contributed by atoms with Gasteiger partial charge in [0.2, 0.25) is 0 Å². The van der Waals surface area contributed by atoms with Crippen LogP contribution in [-0.4, -0.2) is 23.5 Å². The smallest absolute Gasteiger partial charge is 0.271 e. The van der Waals surface area contributed by atoms with Gasteiger partial charge >= 0.3 is 0 Å². The normalized spacial score (nSPS) is 11.4. The third kappa shape index (κ3) is 2.66. The molecular formula is C15H19N3O2. The zero-order valence-electron chi connectivity index (χ0n) is 12.2. The Bertz CT molecular complexity index is 660. The largest absolute Gasteiger partial charge is 0.496 e. The summed E-state index contributed by atoms with van der Waals surface area (Å²) >= 11 is 0. The molecule has 2 rings (SSSR count). The molecule has 20 heavy (non-hydrogen) atoms. The Balaban J connectivity index is 2.63. The Labute approximate surface area is 118 Å². The first-order chi connectivity index (χ1) is 9.33. The van der Waals surface area contributed by atoms with Crippen molar-refractivity contribution in [2.45, 2.75) is 26.3 Å². The molecule has 0 saturated heterocycles. The van der Waals surface area contributed by atoms with E-state index >= 15 is 0 Å². The number of fused-ring (bicyclic) bond motifs is 1. The lowest BCUT2D eigenvalue weighted by molar-refractivity contribution is 0.0916. The maximum absolute atomic E-state index is 12.4. The van der Waals surface area contributed by atoms with Gasteiger partial charge in [0.15, 0.2) is 0 Å². The number of anilines is 1. The van der Waals surface area contributed by atoms with E-state index in [0.717, 1.165) is 5.39 Å². The summed E-state index contributed by atoms with van der Waals surface area (Å²) in [5.74, 6) is 0.421. The van der Waals surface area contributed by atoms with Crippen molar-refractivity contribution in [3.05, 3.63) is 30.1 Å². The van der Waals surface area contributed by atoms with E-state index in [1.54, 1.807) is 31.5 Å². The van der Waals surface area contributed by atoms with Crippen LogP contribution in [0.4, 0.5) is 5.69 Å². The Hall–Kier alpha value is -2.30. The van der Waals surface area contributed by atoms with Crippen LogP contribution in [0.2, 0.25) is 0 Å². The minimum absolute atomic E-state index is 0.247. The molecule has 0 spiro atoms. The van der Waals surface area contributed by atoms with E-state index in [-0.39, 0.29) is 11.4 Å². The zero-order chi connectivity index (χ0) is 14.9. The Kier molecular flexibility index (Phi) is 3.53. The molecule has 5 heteroatoms. The first-order valence-corrected chi connectivity index (χ1v) is 6.37. The molecule has 0 radical (unpaired) electrons. The number of carbonyl (C=O) groups is 1. The first-order valence-electron chi connectivity index (χ1n) is 6.37. The number of hydrogen-bond acceptors (Lipinski definition) is 4. The summed E-state index contributed by atoms with van der Waals surface area (Å²) < 4.78 is 5.30. The highest BCUT2D eigenvalue weighted by molar-refractivity contribution is 6.11. The number of hydrogen-bond donors (Lipinski definition) is 2. The minimum atomic E-state index is -0.339. The van der Waals surface area contributed by atoms with Crippen molar-refractivity contribution in [1.29, 1.82) is 0 Å². The Morgan fingerprint density at radius 2 is 2.00 bits per heavy atom. The number of nitrogens with zero attached hydrogens (tertiary/aromatic N) is 1. The maximum Gasteiger partial charge on any atom is 0.271 e. The summed E-state index contributed by atoms with van der Waals surface area (Å²) in [6, 6.07) is 5.29. The molecule has 0 fully saturated rings. The van der Waals surface area contributed by atoms with Crippen LogP contribution < -0.4 is 15.8 Å². The van der Waals surface area contributed by atoms with Gasteiger partial charge in [-0.15, -0.1) is 0 Å². The number of ether oxygens (including phenoxy) is 1. The van der Waals surface area contributed by atoms with Crippen LogP contribution in [0.5, 0.6) is 5.75 Å². The number of amides is 1. The second-order valence-electron chi connectivity index (χ2n) is 5.64. The van der Waals surface area contributed by atoms with Gasteiger partial charge in [0, 0.05) is 28.2 Å². The van der Waals surface area contributed by atoms with E-state index in [1.165, 1.54) is 0 Å². The lowest BCUT2D eigenvalue weighted by Crippen LogP contribution is -2.41. The van der Waals surface area contributed by atoms with Crippen LogP contribution in [-0.2, 0) is 0 Å². The molecule has 0 saturated carbocycles. The van der Waals surface area contributed by atoms with Gasteiger partial charge in [0.05, 0.1) is 7.11 Å². The van der Waals surface area contributed by atoms with Gasteiger partial charge in [-0.2, -0.15) is 0 Å². The minimum Gasteiger partial charge on any atom is -0.496 e. The Morgan fingerprint density at radius 1 is 1.30 bits per heavy atom. The number of carbonyl (C=O) groups excluding carboxylic acids is 1. The van der Waals surface area contributed by atoms with Crippen LogP contribution in [0.25, 0.3) is 10.8 Å². The van der Waals surface area contributed by atoms with Crippen molar-refractivity contribution >= 4 is 22.4 Å². The standard InChI is InChI=1S/C15H19N3O2/c1-15(2,3)18-14(19)13-12-9(7-8-17-13)11(20-4)6-5-10(12)16/h5-8H,16H2,1-4H3,(H,18,19). The molecule has 1 aromatic carbocycles. The van der Waals surface area contributed by atoms with E-state index in [1.807, 2.05) is 20.8 Å². The number of benzene rings is 1. The first kappa shape index (κ1) is 14.1. The van der Waals surface area contributed by atoms with E-state index in [9.17, 15) is 4.79 Å². The molecule has 0 aliphatic rings.